The topological polar surface area (TPSA) is 102 Å². The van der Waals surface area contributed by atoms with Crippen LogP contribution in [0.25, 0.3) is 0 Å². The standard InChI is InChI=1S/C13H15ClN2O4/c1-13(6-20-5-10(13)15)12(19)16-9-3-7(11(17)18)2-8(14)4-9/h2-4,10H,5-6,15H2,1H3,(H,16,19)(H,17,18). The van der Waals surface area contributed by atoms with Gasteiger partial charge < -0.3 is 20.9 Å². The molecule has 1 aromatic rings. The predicted molar refractivity (Wildman–Crippen MR) is 73.9 cm³/mol. The molecule has 0 aromatic heterocycles. The van der Waals surface area contributed by atoms with E-state index < -0.39 is 17.4 Å². The Bertz CT molecular complexity index is 563. The Morgan fingerprint density at radius 1 is 1.50 bits per heavy atom. The lowest BCUT2D eigenvalue weighted by Crippen LogP contribution is -2.47. The number of anilines is 1. The van der Waals surface area contributed by atoms with Crippen LogP contribution in [0.15, 0.2) is 18.2 Å². The molecule has 1 aromatic carbocycles. The minimum Gasteiger partial charge on any atom is -0.478 e. The third kappa shape index (κ3) is 2.77. The van der Waals surface area contributed by atoms with Crippen LogP contribution in [-0.4, -0.2) is 36.2 Å². The Balaban J connectivity index is 2.22. The van der Waals surface area contributed by atoms with Crippen LogP contribution >= 0.6 is 11.6 Å². The summed E-state index contributed by atoms with van der Waals surface area (Å²) in [4.78, 5) is 23.2. The summed E-state index contributed by atoms with van der Waals surface area (Å²) in [5.74, 6) is -1.43. The molecule has 0 aliphatic carbocycles. The van der Waals surface area contributed by atoms with Crippen LogP contribution in [0, 0.1) is 5.41 Å². The van der Waals surface area contributed by atoms with Gasteiger partial charge in [0.05, 0.1) is 24.2 Å². The fourth-order valence-corrected chi connectivity index (χ4v) is 2.22. The number of carbonyl (C=O) groups is 2. The molecule has 1 amide bonds. The van der Waals surface area contributed by atoms with Crippen molar-refractivity contribution in [3.63, 3.8) is 0 Å². The first-order valence-corrected chi connectivity index (χ1v) is 6.39. The fourth-order valence-electron chi connectivity index (χ4n) is 1.98. The Morgan fingerprint density at radius 2 is 2.20 bits per heavy atom. The summed E-state index contributed by atoms with van der Waals surface area (Å²) < 4.78 is 5.21. The van der Waals surface area contributed by atoms with Crippen molar-refractivity contribution in [2.24, 2.45) is 11.1 Å². The van der Waals surface area contributed by atoms with Crippen LogP contribution in [-0.2, 0) is 9.53 Å². The van der Waals surface area contributed by atoms with Crippen molar-refractivity contribution in [3.8, 4) is 0 Å². The van der Waals surface area contributed by atoms with Crippen LogP contribution in [0.2, 0.25) is 5.02 Å². The second-order valence-electron chi connectivity index (χ2n) is 5.03. The van der Waals surface area contributed by atoms with E-state index in [0.29, 0.717) is 12.3 Å². The molecule has 2 rings (SSSR count). The monoisotopic (exact) mass is 298 g/mol. The lowest BCUT2D eigenvalue weighted by atomic mass is 9.85. The van der Waals surface area contributed by atoms with E-state index in [-0.39, 0.29) is 23.1 Å². The molecule has 2 atom stereocenters. The smallest absolute Gasteiger partial charge is 0.335 e. The van der Waals surface area contributed by atoms with Crippen LogP contribution < -0.4 is 11.1 Å². The quantitative estimate of drug-likeness (QED) is 0.781. The van der Waals surface area contributed by atoms with Crippen molar-refractivity contribution >= 4 is 29.2 Å². The summed E-state index contributed by atoms with van der Waals surface area (Å²) in [5.41, 5.74) is 5.35. The summed E-state index contributed by atoms with van der Waals surface area (Å²) in [6.07, 6.45) is 0. The molecule has 1 fully saturated rings. The molecule has 0 spiro atoms. The summed E-state index contributed by atoms with van der Waals surface area (Å²) >= 11 is 5.84. The van der Waals surface area contributed by atoms with E-state index in [1.807, 2.05) is 0 Å². The Morgan fingerprint density at radius 3 is 2.75 bits per heavy atom. The Kier molecular flexibility index (Phi) is 3.99. The van der Waals surface area contributed by atoms with E-state index in [4.69, 9.17) is 27.2 Å². The number of carbonyl (C=O) groups excluding carboxylic acids is 1. The van der Waals surface area contributed by atoms with Crippen molar-refractivity contribution in [1.29, 1.82) is 0 Å². The molecule has 1 heterocycles. The second-order valence-corrected chi connectivity index (χ2v) is 5.46. The third-order valence-electron chi connectivity index (χ3n) is 3.44. The normalized spacial score (nSPS) is 25.4. The number of carboxylic acid groups (broad SMARTS) is 1. The number of hydrogen-bond acceptors (Lipinski definition) is 4. The summed E-state index contributed by atoms with van der Waals surface area (Å²) in [5, 5.41) is 11.8. The van der Waals surface area contributed by atoms with Gasteiger partial charge in [-0.25, -0.2) is 4.79 Å². The van der Waals surface area contributed by atoms with E-state index in [9.17, 15) is 9.59 Å². The van der Waals surface area contributed by atoms with Gasteiger partial charge in [0.1, 0.15) is 0 Å². The zero-order chi connectivity index (χ0) is 14.9. The van der Waals surface area contributed by atoms with Crippen LogP contribution in [0.4, 0.5) is 5.69 Å². The summed E-state index contributed by atoms with van der Waals surface area (Å²) in [6.45, 7) is 2.26. The molecule has 0 radical (unpaired) electrons. The minimum atomic E-state index is -1.12. The van der Waals surface area contributed by atoms with Crippen molar-refractivity contribution < 1.29 is 19.4 Å². The zero-order valence-electron chi connectivity index (χ0n) is 10.9. The maximum Gasteiger partial charge on any atom is 0.335 e. The van der Waals surface area contributed by atoms with E-state index in [1.54, 1.807) is 6.92 Å². The number of carboxylic acids is 1. The van der Waals surface area contributed by atoms with Gasteiger partial charge in [0.25, 0.3) is 0 Å². The highest BCUT2D eigenvalue weighted by atomic mass is 35.5. The molecule has 0 bridgehead atoms. The molecule has 7 heteroatoms. The average Bonchev–Trinajstić information content (AvgIpc) is 2.70. The predicted octanol–water partition coefficient (Wildman–Crippen LogP) is 1.34. The molecule has 1 aliphatic rings. The molecule has 6 nitrogen and oxygen atoms in total. The van der Waals surface area contributed by atoms with Crippen LogP contribution in [0.3, 0.4) is 0 Å². The third-order valence-corrected chi connectivity index (χ3v) is 3.66. The summed E-state index contributed by atoms with van der Waals surface area (Å²) in [6, 6.07) is 3.74. The van der Waals surface area contributed by atoms with E-state index in [0.717, 1.165) is 0 Å². The Labute approximate surface area is 120 Å². The van der Waals surface area contributed by atoms with Gasteiger partial charge in [-0.3, -0.25) is 4.79 Å². The van der Waals surface area contributed by atoms with Gasteiger partial charge >= 0.3 is 5.97 Å². The highest BCUT2D eigenvalue weighted by molar-refractivity contribution is 6.31. The number of aromatic carboxylic acids is 1. The Hall–Kier alpha value is -1.63. The van der Waals surface area contributed by atoms with Gasteiger partial charge in [0, 0.05) is 16.8 Å². The first-order valence-electron chi connectivity index (χ1n) is 6.01. The molecule has 1 saturated heterocycles. The second kappa shape index (κ2) is 5.40. The average molecular weight is 299 g/mol. The van der Waals surface area contributed by atoms with Gasteiger partial charge in [0.15, 0.2) is 0 Å². The molecule has 20 heavy (non-hydrogen) atoms. The molecule has 2 unspecified atom stereocenters. The molecular formula is C13H15ClN2O4. The zero-order valence-corrected chi connectivity index (χ0v) is 11.6. The minimum absolute atomic E-state index is 0.00456. The summed E-state index contributed by atoms with van der Waals surface area (Å²) in [7, 11) is 0. The van der Waals surface area contributed by atoms with Crippen LogP contribution in [0.5, 0.6) is 0 Å². The van der Waals surface area contributed by atoms with Crippen molar-refractivity contribution in [2.45, 2.75) is 13.0 Å². The highest BCUT2D eigenvalue weighted by Crippen LogP contribution is 2.29. The largest absolute Gasteiger partial charge is 0.478 e. The van der Waals surface area contributed by atoms with Gasteiger partial charge in [-0.2, -0.15) is 0 Å². The number of benzene rings is 1. The first-order chi connectivity index (χ1) is 9.33. The number of rotatable bonds is 3. The van der Waals surface area contributed by atoms with Crippen molar-refractivity contribution in [1.82, 2.24) is 0 Å². The van der Waals surface area contributed by atoms with E-state index in [2.05, 4.69) is 5.32 Å². The van der Waals surface area contributed by atoms with Gasteiger partial charge in [-0.1, -0.05) is 11.6 Å². The number of nitrogens with two attached hydrogens (primary N) is 1. The molecule has 0 saturated carbocycles. The molecular weight excluding hydrogens is 284 g/mol. The lowest BCUT2D eigenvalue weighted by Gasteiger charge is -2.25. The first kappa shape index (κ1) is 14.8. The lowest BCUT2D eigenvalue weighted by molar-refractivity contribution is -0.125. The number of hydrogen-bond donors (Lipinski definition) is 3. The SMILES string of the molecule is CC1(C(=O)Nc2cc(Cl)cc(C(=O)O)c2)COCC1N. The maximum absolute atomic E-state index is 12.3. The number of ether oxygens (including phenoxy) is 1. The molecule has 108 valence electrons. The molecule has 4 N–H and O–H groups in total. The van der Waals surface area contributed by atoms with E-state index in [1.165, 1.54) is 18.2 Å². The van der Waals surface area contributed by atoms with Crippen LogP contribution in [0.1, 0.15) is 17.3 Å². The van der Waals surface area contributed by atoms with Gasteiger partial charge in [-0.05, 0) is 25.1 Å². The van der Waals surface area contributed by atoms with Crippen molar-refractivity contribution in [2.75, 3.05) is 18.5 Å². The number of halogens is 1. The van der Waals surface area contributed by atoms with Gasteiger partial charge in [-0.15, -0.1) is 0 Å². The number of nitrogens with one attached hydrogen (secondary N) is 1. The number of amides is 1. The van der Waals surface area contributed by atoms with Crippen molar-refractivity contribution in [3.05, 3.63) is 28.8 Å². The van der Waals surface area contributed by atoms with Gasteiger partial charge in [0.2, 0.25) is 5.91 Å². The van der Waals surface area contributed by atoms with E-state index >= 15 is 0 Å². The fraction of sp³-hybridized carbons (Fsp3) is 0.385. The highest BCUT2D eigenvalue weighted by Gasteiger charge is 2.44. The maximum atomic E-state index is 12.3. The molecule has 1 aliphatic heterocycles.